The van der Waals surface area contributed by atoms with Crippen molar-refractivity contribution in [2.45, 2.75) is 0 Å². The van der Waals surface area contributed by atoms with Gasteiger partial charge in [0.1, 0.15) is 23.5 Å². The fourth-order valence-corrected chi connectivity index (χ4v) is 2.49. The minimum Gasteiger partial charge on any atom is -0.378 e. The summed E-state index contributed by atoms with van der Waals surface area (Å²) in [6, 6.07) is 15.6. The summed E-state index contributed by atoms with van der Waals surface area (Å²) in [6.07, 6.45) is 0. The maximum atomic E-state index is 9.42. The number of hydrogen-bond donors (Lipinski definition) is 0. The molecule has 0 N–H and O–H groups in total. The molecule has 1 fully saturated rings. The van der Waals surface area contributed by atoms with Crippen molar-refractivity contribution in [3.63, 3.8) is 0 Å². The molecule has 22 heavy (non-hydrogen) atoms. The number of ether oxygens (including phenoxy) is 1. The standard InChI is InChI=1S/C17H14N4O/c18-11-14-10-16(13-4-2-1-3-5-13)20-17(15(14)12-19)21-6-8-22-9-7-21/h1-5,10H,6-9H2. The number of aromatic nitrogens is 1. The van der Waals surface area contributed by atoms with E-state index in [0.29, 0.717) is 48.9 Å². The van der Waals surface area contributed by atoms with Gasteiger partial charge in [-0.3, -0.25) is 0 Å². The molecule has 1 aromatic heterocycles. The number of anilines is 1. The van der Waals surface area contributed by atoms with Gasteiger partial charge in [0.05, 0.1) is 24.5 Å². The highest BCUT2D eigenvalue weighted by Crippen LogP contribution is 2.27. The van der Waals surface area contributed by atoms with Crippen molar-refractivity contribution < 1.29 is 4.74 Å². The Hall–Kier alpha value is -2.89. The Morgan fingerprint density at radius 1 is 1.05 bits per heavy atom. The zero-order chi connectivity index (χ0) is 15.4. The average Bonchev–Trinajstić information content (AvgIpc) is 2.62. The van der Waals surface area contributed by atoms with Crippen LogP contribution >= 0.6 is 0 Å². The van der Waals surface area contributed by atoms with Crippen LogP contribution in [-0.2, 0) is 4.74 Å². The lowest BCUT2D eigenvalue weighted by molar-refractivity contribution is 0.122. The number of rotatable bonds is 2. The second-order valence-electron chi connectivity index (χ2n) is 4.94. The van der Waals surface area contributed by atoms with E-state index in [1.807, 2.05) is 35.2 Å². The van der Waals surface area contributed by atoms with Gasteiger partial charge in [-0.25, -0.2) is 4.98 Å². The Kier molecular flexibility index (Phi) is 4.00. The first-order valence-electron chi connectivity index (χ1n) is 7.07. The van der Waals surface area contributed by atoms with E-state index in [0.717, 1.165) is 5.56 Å². The predicted octanol–water partition coefficient (Wildman–Crippen LogP) is 2.33. The van der Waals surface area contributed by atoms with Crippen LogP contribution < -0.4 is 4.90 Å². The molecule has 5 heteroatoms. The van der Waals surface area contributed by atoms with Crippen molar-refractivity contribution in [3.8, 4) is 23.4 Å². The van der Waals surface area contributed by atoms with Gasteiger partial charge in [-0.15, -0.1) is 0 Å². The highest BCUT2D eigenvalue weighted by molar-refractivity contribution is 5.70. The molecule has 2 aromatic rings. The first-order valence-corrected chi connectivity index (χ1v) is 7.07. The molecule has 1 aliphatic rings. The van der Waals surface area contributed by atoms with E-state index >= 15 is 0 Å². The van der Waals surface area contributed by atoms with Crippen molar-refractivity contribution in [1.29, 1.82) is 10.5 Å². The van der Waals surface area contributed by atoms with Crippen molar-refractivity contribution in [2.75, 3.05) is 31.2 Å². The Morgan fingerprint density at radius 2 is 1.77 bits per heavy atom. The third-order valence-corrected chi connectivity index (χ3v) is 3.61. The van der Waals surface area contributed by atoms with Gasteiger partial charge in [0.15, 0.2) is 0 Å². The minimum absolute atomic E-state index is 0.337. The van der Waals surface area contributed by atoms with Gasteiger partial charge in [-0.1, -0.05) is 30.3 Å². The van der Waals surface area contributed by atoms with Gasteiger partial charge in [-0.2, -0.15) is 10.5 Å². The van der Waals surface area contributed by atoms with Crippen LogP contribution in [0.1, 0.15) is 11.1 Å². The fraction of sp³-hybridized carbons (Fsp3) is 0.235. The predicted molar refractivity (Wildman–Crippen MR) is 82.1 cm³/mol. The maximum Gasteiger partial charge on any atom is 0.148 e. The van der Waals surface area contributed by atoms with Gasteiger partial charge >= 0.3 is 0 Å². The number of morpholine rings is 1. The van der Waals surface area contributed by atoms with Crippen molar-refractivity contribution in [2.24, 2.45) is 0 Å². The molecule has 0 spiro atoms. The van der Waals surface area contributed by atoms with Crippen LogP contribution in [0.15, 0.2) is 36.4 Å². The molecule has 5 nitrogen and oxygen atoms in total. The molecule has 1 aliphatic heterocycles. The van der Waals surface area contributed by atoms with E-state index in [2.05, 4.69) is 17.1 Å². The quantitative estimate of drug-likeness (QED) is 0.848. The van der Waals surface area contributed by atoms with Crippen LogP contribution in [0.4, 0.5) is 5.82 Å². The fourth-order valence-electron chi connectivity index (χ4n) is 2.49. The third-order valence-electron chi connectivity index (χ3n) is 3.61. The summed E-state index contributed by atoms with van der Waals surface area (Å²) in [4.78, 5) is 6.65. The zero-order valence-corrected chi connectivity index (χ0v) is 12.0. The molecule has 0 unspecified atom stereocenters. The summed E-state index contributed by atoms with van der Waals surface area (Å²) in [7, 11) is 0. The van der Waals surface area contributed by atoms with E-state index < -0.39 is 0 Å². The average molecular weight is 290 g/mol. The monoisotopic (exact) mass is 290 g/mol. The lowest BCUT2D eigenvalue weighted by Crippen LogP contribution is -2.37. The van der Waals surface area contributed by atoms with Gasteiger partial charge in [0.2, 0.25) is 0 Å². The SMILES string of the molecule is N#Cc1cc(-c2ccccc2)nc(N2CCOCC2)c1C#N. The number of pyridine rings is 1. The summed E-state index contributed by atoms with van der Waals surface area (Å²) in [5, 5.41) is 18.8. The lowest BCUT2D eigenvalue weighted by Gasteiger charge is -2.29. The number of benzene rings is 1. The molecule has 0 bridgehead atoms. The molecule has 108 valence electrons. The van der Waals surface area contributed by atoms with Crippen LogP contribution in [0, 0.1) is 22.7 Å². The van der Waals surface area contributed by atoms with Crippen LogP contribution in [0.25, 0.3) is 11.3 Å². The highest BCUT2D eigenvalue weighted by Gasteiger charge is 2.20. The first-order chi connectivity index (χ1) is 10.8. The van der Waals surface area contributed by atoms with E-state index in [1.54, 1.807) is 6.07 Å². The molecule has 0 radical (unpaired) electrons. The van der Waals surface area contributed by atoms with E-state index in [1.165, 1.54) is 0 Å². The molecule has 2 heterocycles. The summed E-state index contributed by atoms with van der Waals surface area (Å²) in [5.41, 5.74) is 2.33. The lowest BCUT2D eigenvalue weighted by atomic mass is 10.0. The molecule has 0 atom stereocenters. The largest absolute Gasteiger partial charge is 0.378 e. The van der Waals surface area contributed by atoms with Crippen molar-refractivity contribution in [3.05, 3.63) is 47.5 Å². The molecule has 0 amide bonds. The number of hydrogen-bond acceptors (Lipinski definition) is 5. The van der Waals surface area contributed by atoms with Gasteiger partial charge < -0.3 is 9.64 Å². The topological polar surface area (TPSA) is 72.9 Å². The Morgan fingerprint density at radius 3 is 2.41 bits per heavy atom. The first kappa shape index (κ1) is 14.1. The van der Waals surface area contributed by atoms with Gasteiger partial charge in [-0.05, 0) is 6.07 Å². The summed E-state index contributed by atoms with van der Waals surface area (Å²) < 4.78 is 5.35. The van der Waals surface area contributed by atoms with Crippen molar-refractivity contribution in [1.82, 2.24) is 4.98 Å². The number of nitrogens with zero attached hydrogens (tertiary/aromatic N) is 4. The normalized spacial score (nSPS) is 14.2. The van der Waals surface area contributed by atoms with Crippen molar-refractivity contribution >= 4 is 5.82 Å². The van der Waals surface area contributed by atoms with Crippen LogP contribution in [0.2, 0.25) is 0 Å². The molecule has 3 rings (SSSR count). The second-order valence-corrected chi connectivity index (χ2v) is 4.94. The molecule has 1 saturated heterocycles. The minimum atomic E-state index is 0.337. The highest BCUT2D eigenvalue weighted by atomic mass is 16.5. The third kappa shape index (κ3) is 2.63. The second kappa shape index (κ2) is 6.26. The molecule has 1 aromatic carbocycles. The van der Waals surface area contributed by atoms with Crippen LogP contribution in [0.5, 0.6) is 0 Å². The molecular weight excluding hydrogens is 276 g/mol. The Bertz CT molecular complexity index is 753. The summed E-state index contributed by atoms with van der Waals surface area (Å²) in [6.45, 7) is 2.55. The summed E-state index contributed by atoms with van der Waals surface area (Å²) in [5.74, 6) is 0.573. The van der Waals surface area contributed by atoms with E-state index in [-0.39, 0.29) is 0 Å². The Labute approximate surface area is 129 Å². The van der Waals surface area contributed by atoms with Crippen LogP contribution in [-0.4, -0.2) is 31.3 Å². The van der Waals surface area contributed by atoms with Gasteiger partial charge in [0, 0.05) is 18.7 Å². The number of nitriles is 2. The molecular formula is C17H14N4O. The smallest absolute Gasteiger partial charge is 0.148 e. The van der Waals surface area contributed by atoms with Crippen LogP contribution in [0.3, 0.4) is 0 Å². The van der Waals surface area contributed by atoms with Gasteiger partial charge in [0.25, 0.3) is 0 Å². The Balaban J connectivity index is 2.14. The van der Waals surface area contributed by atoms with E-state index in [9.17, 15) is 10.5 Å². The zero-order valence-electron chi connectivity index (χ0n) is 12.0. The summed E-state index contributed by atoms with van der Waals surface area (Å²) >= 11 is 0. The maximum absolute atomic E-state index is 9.42. The molecule has 0 aliphatic carbocycles. The molecule has 0 saturated carbocycles. The van der Waals surface area contributed by atoms with E-state index in [4.69, 9.17) is 4.74 Å².